The maximum Gasteiger partial charge on any atom is 0.165 e. The Labute approximate surface area is 219 Å². The van der Waals surface area contributed by atoms with Crippen LogP contribution in [0, 0.1) is 23.3 Å². The maximum atomic E-state index is 14.6. The molecule has 0 fully saturated rings. The molecular weight excluding hydrogens is 496 g/mol. The van der Waals surface area contributed by atoms with Crippen molar-refractivity contribution in [3.8, 4) is 22.6 Å². The highest BCUT2D eigenvalue weighted by Crippen LogP contribution is 2.29. The molecule has 38 heavy (non-hydrogen) atoms. The molecule has 0 saturated carbocycles. The van der Waals surface area contributed by atoms with Crippen LogP contribution in [-0.2, 0) is 13.1 Å². The Morgan fingerprint density at radius 2 is 0.974 bits per heavy atom. The molecule has 0 aliphatic carbocycles. The predicted molar refractivity (Wildman–Crippen MR) is 139 cm³/mol. The molecule has 0 amide bonds. The standard InChI is InChI=1S/C30H28F4N2O2/c31-25-5-1-3-21(15-25)19-35-11-13-37-29-9-7-23(17-27(29)33)24-8-10-30(28(34)18-24)38-14-12-36-20-22-4-2-6-26(32)16-22/h1-10,15-18,35-36H,11-14,19-20H2. The molecule has 0 unspecified atom stereocenters. The van der Waals surface area contributed by atoms with Crippen molar-refractivity contribution in [1.29, 1.82) is 0 Å². The molecule has 4 aromatic carbocycles. The fourth-order valence-corrected chi connectivity index (χ4v) is 3.82. The highest BCUT2D eigenvalue weighted by Gasteiger charge is 2.10. The van der Waals surface area contributed by atoms with Gasteiger partial charge in [-0.25, -0.2) is 17.6 Å². The Hall–Kier alpha value is -3.88. The van der Waals surface area contributed by atoms with E-state index in [2.05, 4.69) is 10.6 Å². The van der Waals surface area contributed by atoms with Gasteiger partial charge in [0.25, 0.3) is 0 Å². The summed E-state index contributed by atoms with van der Waals surface area (Å²) in [6.45, 7) is 2.29. The van der Waals surface area contributed by atoms with E-state index < -0.39 is 11.6 Å². The van der Waals surface area contributed by atoms with Crippen LogP contribution in [0.4, 0.5) is 17.6 Å². The largest absolute Gasteiger partial charge is 0.489 e. The maximum absolute atomic E-state index is 14.6. The van der Waals surface area contributed by atoms with Crippen molar-refractivity contribution >= 4 is 0 Å². The van der Waals surface area contributed by atoms with Gasteiger partial charge in [0, 0.05) is 26.2 Å². The second-order valence-electron chi connectivity index (χ2n) is 8.60. The van der Waals surface area contributed by atoms with E-state index in [0.717, 1.165) is 11.1 Å². The summed E-state index contributed by atoms with van der Waals surface area (Å²) in [4.78, 5) is 0. The Morgan fingerprint density at radius 3 is 1.37 bits per heavy atom. The summed E-state index contributed by atoms with van der Waals surface area (Å²) in [5.41, 5.74) is 2.62. The van der Waals surface area contributed by atoms with Crippen LogP contribution in [0.5, 0.6) is 11.5 Å². The second-order valence-corrected chi connectivity index (χ2v) is 8.60. The molecule has 8 heteroatoms. The van der Waals surface area contributed by atoms with Gasteiger partial charge in [0.05, 0.1) is 0 Å². The number of benzene rings is 4. The molecule has 0 bridgehead atoms. The molecule has 0 aliphatic rings. The van der Waals surface area contributed by atoms with Crippen molar-refractivity contribution in [2.24, 2.45) is 0 Å². The van der Waals surface area contributed by atoms with Crippen LogP contribution in [0.3, 0.4) is 0 Å². The van der Waals surface area contributed by atoms with E-state index in [9.17, 15) is 17.6 Å². The quantitative estimate of drug-likeness (QED) is 0.160. The van der Waals surface area contributed by atoms with E-state index in [0.29, 0.717) is 37.3 Å². The average Bonchev–Trinajstić information content (AvgIpc) is 2.90. The van der Waals surface area contributed by atoms with Gasteiger partial charge in [-0.1, -0.05) is 36.4 Å². The van der Waals surface area contributed by atoms with Gasteiger partial charge < -0.3 is 20.1 Å². The predicted octanol–water partition coefficient (Wildman–Crippen LogP) is 6.25. The first-order valence-corrected chi connectivity index (χ1v) is 12.2. The molecule has 0 aliphatic heterocycles. The van der Waals surface area contributed by atoms with Gasteiger partial charge in [-0.3, -0.25) is 0 Å². The Morgan fingerprint density at radius 1 is 0.526 bits per heavy atom. The van der Waals surface area contributed by atoms with Crippen LogP contribution in [0.15, 0.2) is 84.9 Å². The molecule has 0 radical (unpaired) electrons. The highest BCUT2D eigenvalue weighted by molar-refractivity contribution is 5.65. The first-order valence-electron chi connectivity index (χ1n) is 12.2. The zero-order valence-corrected chi connectivity index (χ0v) is 20.7. The van der Waals surface area contributed by atoms with Crippen LogP contribution >= 0.6 is 0 Å². The lowest BCUT2D eigenvalue weighted by atomic mass is 10.0. The van der Waals surface area contributed by atoms with Gasteiger partial charge in [0.1, 0.15) is 24.8 Å². The number of ether oxygens (including phenoxy) is 2. The third-order valence-corrected chi connectivity index (χ3v) is 5.71. The fourth-order valence-electron chi connectivity index (χ4n) is 3.82. The van der Waals surface area contributed by atoms with Gasteiger partial charge in [0.2, 0.25) is 0 Å². The van der Waals surface area contributed by atoms with Crippen molar-refractivity contribution in [3.05, 3.63) is 119 Å². The average molecular weight is 525 g/mol. The minimum atomic E-state index is -0.558. The van der Waals surface area contributed by atoms with Crippen LogP contribution in [-0.4, -0.2) is 26.3 Å². The summed E-state index contributed by atoms with van der Waals surface area (Å²) in [6.07, 6.45) is 0. The molecule has 4 aromatic rings. The lowest BCUT2D eigenvalue weighted by Crippen LogP contribution is -2.20. The second kappa shape index (κ2) is 13.6. The molecule has 198 valence electrons. The smallest absolute Gasteiger partial charge is 0.165 e. The van der Waals surface area contributed by atoms with Gasteiger partial charge in [-0.05, 0) is 70.8 Å². The third kappa shape index (κ3) is 8.06. The first-order chi connectivity index (χ1) is 18.5. The van der Waals surface area contributed by atoms with E-state index in [-0.39, 0.29) is 36.3 Å². The molecule has 0 saturated heterocycles. The summed E-state index contributed by atoms with van der Waals surface area (Å²) in [5, 5.41) is 6.23. The fraction of sp³-hybridized carbons (Fsp3) is 0.200. The topological polar surface area (TPSA) is 42.5 Å². The van der Waals surface area contributed by atoms with Crippen LogP contribution in [0.2, 0.25) is 0 Å². The van der Waals surface area contributed by atoms with Crippen LogP contribution in [0.1, 0.15) is 11.1 Å². The molecular formula is C30H28F4N2O2. The van der Waals surface area contributed by atoms with Gasteiger partial charge >= 0.3 is 0 Å². The minimum absolute atomic E-state index is 0.0903. The summed E-state index contributed by atoms with van der Waals surface area (Å²) >= 11 is 0. The molecule has 0 spiro atoms. The van der Waals surface area contributed by atoms with Crippen molar-refractivity contribution < 1.29 is 27.0 Å². The number of hydrogen-bond donors (Lipinski definition) is 2. The van der Waals surface area contributed by atoms with Crippen molar-refractivity contribution in [1.82, 2.24) is 10.6 Å². The van der Waals surface area contributed by atoms with E-state index in [1.807, 2.05) is 12.1 Å². The normalized spacial score (nSPS) is 10.9. The Balaban J connectivity index is 1.22. The number of rotatable bonds is 13. The Kier molecular flexibility index (Phi) is 9.72. The van der Waals surface area contributed by atoms with Crippen molar-refractivity contribution in [3.63, 3.8) is 0 Å². The molecule has 0 aromatic heterocycles. The lowest BCUT2D eigenvalue weighted by molar-refractivity contribution is 0.298. The van der Waals surface area contributed by atoms with Crippen molar-refractivity contribution in [2.75, 3.05) is 26.3 Å². The van der Waals surface area contributed by atoms with E-state index in [4.69, 9.17) is 9.47 Å². The molecule has 4 rings (SSSR count). The molecule has 0 atom stereocenters. The van der Waals surface area contributed by atoms with Crippen LogP contribution < -0.4 is 20.1 Å². The zero-order chi connectivity index (χ0) is 26.7. The minimum Gasteiger partial charge on any atom is -0.489 e. The summed E-state index contributed by atoms with van der Waals surface area (Å²) in [7, 11) is 0. The monoisotopic (exact) mass is 524 g/mol. The summed E-state index contributed by atoms with van der Waals surface area (Å²) in [5.74, 6) is -1.53. The number of hydrogen-bond acceptors (Lipinski definition) is 4. The number of nitrogens with one attached hydrogen (secondary N) is 2. The lowest BCUT2D eigenvalue weighted by Gasteiger charge is -2.11. The van der Waals surface area contributed by atoms with E-state index in [1.54, 1.807) is 24.3 Å². The first kappa shape index (κ1) is 27.2. The van der Waals surface area contributed by atoms with Crippen molar-refractivity contribution in [2.45, 2.75) is 13.1 Å². The molecule has 4 nitrogen and oxygen atoms in total. The van der Waals surface area contributed by atoms with E-state index in [1.165, 1.54) is 48.5 Å². The third-order valence-electron chi connectivity index (χ3n) is 5.71. The highest BCUT2D eigenvalue weighted by atomic mass is 19.1. The van der Waals surface area contributed by atoms with E-state index >= 15 is 0 Å². The van der Waals surface area contributed by atoms with Gasteiger partial charge in [-0.15, -0.1) is 0 Å². The number of halogens is 4. The summed E-state index contributed by atoms with van der Waals surface area (Å²) < 4.78 is 66.6. The molecule has 2 N–H and O–H groups in total. The summed E-state index contributed by atoms with van der Waals surface area (Å²) in [6, 6.07) is 21.5. The SMILES string of the molecule is Fc1cccc(CNCCOc2ccc(-c3ccc(OCCNCc4cccc(F)c4)c(F)c3)cc2F)c1. The zero-order valence-electron chi connectivity index (χ0n) is 20.7. The molecule has 0 heterocycles. The van der Waals surface area contributed by atoms with Crippen LogP contribution in [0.25, 0.3) is 11.1 Å². The van der Waals surface area contributed by atoms with Gasteiger partial charge in [0.15, 0.2) is 23.1 Å². The Bertz CT molecular complexity index is 1250. The van der Waals surface area contributed by atoms with Gasteiger partial charge in [-0.2, -0.15) is 0 Å².